The second-order valence-corrected chi connectivity index (χ2v) is 6.22. The SMILES string of the molecule is Cc1ccc(C(Br)Cc2ccc(C)c(C)c2)c(F)c1. The zero-order valence-corrected chi connectivity index (χ0v) is 13.1. The van der Waals surface area contributed by atoms with Gasteiger partial charge in [-0.1, -0.05) is 46.3 Å². The van der Waals surface area contributed by atoms with E-state index in [9.17, 15) is 4.39 Å². The Morgan fingerprint density at radius 2 is 1.74 bits per heavy atom. The first-order chi connectivity index (χ1) is 8.97. The maximum Gasteiger partial charge on any atom is 0.127 e. The van der Waals surface area contributed by atoms with Crippen LogP contribution in [0.15, 0.2) is 36.4 Å². The zero-order valence-electron chi connectivity index (χ0n) is 11.5. The predicted octanol–water partition coefficient (Wildman–Crippen LogP) is 5.43. The first-order valence-corrected chi connectivity index (χ1v) is 7.35. The summed E-state index contributed by atoms with van der Waals surface area (Å²) in [6.07, 6.45) is 0.793. The van der Waals surface area contributed by atoms with E-state index in [0.29, 0.717) is 0 Å². The fourth-order valence-corrected chi connectivity index (χ4v) is 2.88. The lowest BCUT2D eigenvalue weighted by molar-refractivity contribution is 0.607. The van der Waals surface area contributed by atoms with Crippen molar-refractivity contribution < 1.29 is 4.39 Å². The lowest BCUT2D eigenvalue weighted by Crippen LogP contribution is -1.99. The van der Waals surface area contributed by atoms with Gasteiger partial charge in [-0.15, -0.1) is 0 Å². The molecule has 0 spiro atoms. The summed E-state index contributed by atoms with van der Waals surface area (Å²) in [5.74, 6) is -0.134. The Morgan fingerprint density at radius 3 is 2.37 bits per heavy atom. The Hall–Kier alpha value is -1.15. The van der Waals surface area contributed by atoms with Crippen LogP contribution in [0.2, 0.25) is 0 Å². The van der Waals surface area contributed by atoms with Gasteiger partial charge in [0.05, 0.1) is 0 Å². The molecule has 0 aromatic heterocycles. The minimum atomic E-state index is -0.134. The molecule has 0 nitrogen and oxygen atoms in total. The smallest absolute Gasteiger partial charge is 0.127 e. The van der Waals surface area contributed by atoms with Gasteiger partial charge in [-0.25, -0.2) is 4.39 Å². The Kier molecular flexibility index (Phi) is 4.41. The number of benzene rings is 2. The summed E-state index contributed by atoms with van der Waals surface area (Å²) in [7, 11) is 0. The Morgan fingerprint density at radius 1 is 1.00 bits per heavy atom. The van der Waals surface area contributed by atoms with Crippen LogP contribution in [0.3, 0.4) is 0 Å². The van der Waals surface area contributed by atoms with Gasteiger partial charge >= 0.3 is 0 Å². The molecule has 0 aliphatic carbocycles. The van der Waals surface area contributed by atoms with Gasteiger partial charge in [0.25, 0.3) is 0 Å². The number of rotatable bonds is 3. The van der Waals surface area contributed by atoms with Crippen LogP contribution in [-0.2, 0) is 6.42 Å². The van der Waals surface area contributed by atoms with Crippen molar-refractivity contribution in [2.45, 2.75) is 32.0 Å². The molecular formula is C17H18BrF. The Balaban J connectivity index is 2.20. The predicted molar refractivity (Wildman–Crippen MR) is 82.4 cm³/mol. The number of hydrogen-bond donors (Lipinski definition) is 0. The topological polar surface area (TPSA) is 0 Å². The van der Waals surface area contributed by atoms with Crippen molar-refractivity contribution in [3.63, 3.8) is 0 Å². The lowest BCUT2D eigenvalue weighted by Gasteiger charge is -2.13. The van der Waals surface area contributed by atoms with Crippen molar-refractivity contribution in [3.05, 3.63) is 70.0 Å². The van der Waals surface area contributed by atoms with E-state index in [1.807, 2.05) is 19.1 Å². The average Bonchev–Trinajstić information content (AvgIpc) is 2.33. The molecule has 0 N–H and O–H groups in total. The van der Waals surface area contributed by atoms with Crippen molar-refractivity contribution in [2.24, 2.45) is 0 Å². The lowest BCUT2D eigenvalue weighted by atomic mass is 9.99. The standard InChI is InChI=1S/C17H18BrF/c1-11-4-7-15(17(19)8-11)16(18)10-14-6-5-12(2)13(3)9-14/h4-9,16H,10H2,1-3H3. The van der Waals surface area contributed by atoms with Gasteiger partial charge in [0.2, 0.25) is 0 Å². The Labute approximate surface area is 122 Å². The molecular weight excluding hydrogens is 303 g/mol. The van der Waals surface area contributed by atoms with Crippen LogP contribution in [0, 0.1) is 26.6 Å². The number of alkyl halides is 1. The van der Waals surface area contributed by atoms with E-state index >= 15 is 0 Å². The molecule has 0 amide bonds. The highest BCUT2D eigenvalue weighted by molar-refractivity contribution is 9.09. The molecule has 1 atom stereocenters. The zero-order chi connectivity index (χ0) is 14.0. The molecule has 0 aliphatic rings. The van der Waals surface area contributed by atoms with E-state index in [1.54, 1.807) is 6.07 Å². The molecule has 0 radical (unpaired) electrons. The highest BCUT2D eigenvalue weighted by atomic mass is 79.9. The van der Waals surface area contributed by atoms with Gasteiger partial charge in [-0.3, -0.25) is 0 Å². The van der Waals surface area contributed by atoms with Gasteiger partial charge in [-0.05, 0) is 55.5 Å². The summed E-state index contributed by atoms with van der Waals surface area (Å²) in [6, 6.07) is 11.8. The largest absolute Gasteiger partial charge is 0.207 e. The van der Waals surface area contributed by atoms with E-state index < -0.39 is 0 Å². The fraction of sp³-hybridized carbons (Fsp3) is 0.294. The van der Waals surface area contributed by atoms with E-state index in [2.05, 4.69) is 48.0 Å². The van der Waals surface area contributed by atoms with Crippen molar-refractivity contribution in [1.82, 2.24) is 0 Å². The van der Waals surface area contributed by atoms with Crippen molar-refractivity contribution in [2.75, 3.05) is 0 Å². The monoisotopic (exact) mass is 320 g/mol. The molecule has 0 bridgehead atoms. The fourth-order valence-electron chi connectivity index (χ4n) is 2.13. The molecule has 0 fully saturated rings. The second-order valence-electron chi connectivity index (χ2n) is 5.12. The Bertz CT molecular complexity index is 590. The van der Waals surface area contributed by atoms with Crippen LogP contribution >= 0.6 is 15.9 Å². The summed E-state index contributed by atoms with van der Waals surface area (Å²) in [4.78, 5) is 0.00945. The molecule has 0 aliphatic heterocycles. The van der Waals surface area contributed by atoms with E-state index in [1.165, 1.54) is 16.7 Å². The van der Waals surface area contributed by atoms with E-state index in [-0.39, 0.29) is 10.6 Å². The van der Waals surface area contributed by atoms with Crippen molar-refractivity contribution in [1.29, 1.82) is 0 Å². The number of halogens is 2. The number of hydrogen-bond acceptors (Lipinski definition) is 0. The molecule has 2 aromatic rings. The molecule has 100 valence electrons. The third-order valence-electron chi connectivity index (χ3n) is 3.48. The van der Waals surface area contributed by atoms with Gasteiger partial charge in [-0.2, -0.15) is 0 Å². The van der Waals surface area contributed by atoms with Crippen LogP contribution in [0.1, 0.15) is 32.6 Å². The van der Waals surface area contributed by atoms with Crippen LogP contribution in [0.4, 0.5) is 4.39 Å². The molecule has 2 rings (SSSR count). The molecule has 0 heterocycles. The molecule has 1 unspecified atom stereocenters. The average molecular weight is 321 g/mol. The summed E-state index contributed by atoms with van der Waals surface area (Å²) < 4.78 is 13.9. The van der Waals surface area contributed by atoms with Crippen LogP contribution in [0.5, 0.6) is 0 Å². The van der Waals surface area contributed by atoms with Crippen molar-refractivity contribution >= 4 is 15.9 Å². The molecule has 0 saturated carbocycles. The third kappa shape index (κ3) is 3.44. The second kappa shape index (κ2) is 5.87. The molecule has 2 aromatic carbocycles. The minimum Gasteiger partial charge on any atom is -0.207 e. The highest BCUT2D eigenvalue weighted by Gasteiger charge is 2.13. The first-order valence-electron chi connectivity index (χ1n) is 6.43. The molecule has 2 heteroatoms. The highest BCUT2D eigenvalue weighted by Crippen LogP contribution is 2.30. The number of aryl methyl sites for hydroxylation is 3. The minimum absolute atomic E-state index is 0.00945. The first kappa shape index (κ1) is 14.3. The van der Waals surface area contributed by atoms with Crippen LogP contribution < -0.4 is 0 Å². The maximum atomic E-state index is 13.9. The van der Waals surface area contributed by atoms with Crippen molar-refractivity contribution in [3.8, 4) is 0 Å². The normalized spacial score (nSPS) is 12.5. The maximum absolute atomic E-state index is 13.9. The van der Waals surface area contributed by atoms with Gasteiger partial charge in [0, 0.05) is 10.4 Å². The van der Waals surface area contributed by atoms with Gasteiger partial charge < -0.3 is 0 Å². The van der Waals surface area contributed by atoms with Crippen LogP contribution in [-0.4, -0.2) is 0 Å². The van der Waals surface area contributed by atoms with E-state index in [4.69, 9.17) is 0 Å². The van der Waals surface area contributed by atoms with Gasteiger partial charge in [0.15, 0.2) is 0 Å². The van der Waals surface area contributed by atoms with E-state index in [0.717, 1.165) is 17.5 Å². The summed E-state index contributed by atoms with van der Waals surface area (Å²) >= 11 is 3.60. The molecule has 0 saturated heterocycles. The summed E-state index contributed by atoms with van der Waals surface area (Å²) in [5, 5.41) is 0. The molecule has 19 heavy (non-hydrogen) atoms. The summed E-state index contributed by atoms with van der Waals surface area (Å²) in [6.45, 7) is 6.11. The quantitative estimate of drug-likeness (QED) is 0.661. The van der Waals surface area contributed by atoms with Crippen LogP contribution in [0.25, 0.3) is 0 Å². The summed E-state index contributed by atoms with van der Waals surface area (Å²) in [5.41, 5.74) is 5.47. The van der Waals surface area contributed by atoms with Gasteiger partial charge in [0.1, 0.15) is 5.82 Å². The third-order valence-corrected chi connectivity index (χ3v) is 4.30.